The van der Waals surface area contributed by atoms with Crippen molar-refractivity contribution in [3.63, 3.8) is 0 Å². The van der Waals surface area contributed by atoms with E-state index in [9.17, 15) is 51.1 Å². The van der Waals surface area contributed by atoms with E-state index < -0.39 is 105 Å². The van der Waals surface area contributed by atoms with E-state index in [-0.39, 0.29) is 0 Å². The lowest BCUT2D eigenvalue weighted by atomic mass is 9.96. The molecule has 33 heavy (non-hydrogen) atoms. The van der Waals surface area contributed by atoms with Gasteiger partial charge >= 0.3 is 0 Å². The number of aliphatic hydroxyl groups excluding tert-OH is 10. The average Bonchev–Trinajstić information content (AvgIpc) is 2.80. The highest BCUT2D eigenvalue weighted by atomic mass is 16.7. The lowest BCUT2D eigenvalue weighted by molar-refractivity contribution is -0.376. The third kappa shape index (κ3) is 5.32. The summed E-state index contributed by atoms with van der Waals surface area (Å²) < 4.78 is 26.6. The summed E-state index contributed by atoms with van der Waals surface area (Å²) >= 11 is 0. The zero-order chi connectivity index (χ0) is 24.6. The summed E-state index contributed by atoms with van der Waals surface area (Å²) in [6, 6.07) is 0. The van der Waals surface area contributed by atoms with Crippen LogP contribution in [0.2, 0.25) is 0 Å². The topological polar surface area (TPSA) is 248 Å². The summed E-state index contributed by atoms with van der Waals surface area (Å²) in [5, 5.41) is 99.7. The molecule has 0 spiro atoms. The zero-order valence-corrected chi connectivity index (χ0v) is 17.6. The molecule has 3 saturated heterocycles. The van der Waals surface area contributed by atoms with Crippen LogP contribution in [0.4, 0.5) is 0 Å². The monoisotopic (exact) mass is 488 g/mol. The van der Waals surface area contributed by atoms with Gasteiger partial charge in [0.15, 0.2) is 18.9 Å². The van der Waals surface area contributed by atoms with E-state index in [2.05, 4.69) is 0 Å². The molecule has 3 heterocycles. The largest absolute Gasteiger partial charge is 0.394 e. The summed E-state index contributed by atoms with van der Waals surface area (Å²) in [4.78, 5) is 0. The summed E-state index contributed by atoms with van der Waals surface area (Å²) in [7, 11) is 0. The summed E-state index contributed by atoms with van der Waals surface area (Å²) in [6.45, 7) is -0.103. The molecule has 15 atom stereocenters. The average molecular weight is 488 g/mol. The van der Waals surface area contributed by atoms with E-state index in [0.717, 1.165) is 0 Å². The molecular weight excluding hydrogens is 456 g/mol. The number of hydrogen-bond acceptors (Lipinski definition) is 15. The molecule has 0 aromatic heterocycles. The van der Waals surface area contributed by atoms with Crippen LogP contribution in [0.3, 0.4) is 0 Å². The first-order valence-corrected chi connectivity index (χ1v) is 10.4. The fraction of sp³-hybridized carbons (Fsp3) is 1.00. The fourth-order valence-electron chi connectivity index (χ4n) is 4.00. The summed E-state index contributed by atoms with van der Waals surface area (Å²) in [5.41, 5.74) is 0. The molecule has 194 valence electrons. The van der Waals surface area contributed by atoms with E-state index >= 15 is 0 Å². The van der Waals surface area contributed by atoms with Crippen LogP contribution in [-0.2, 0) is 23.7 Å². The van der Waals surface area contributed by atoms with Crippen molar-refractivity contribution in [1.29, 1.82) is 0 Å². The molecule has 0 unspecified atom stereocenters. The van der Waals surface area contributed by atoms with Crippen molar-refractivity contribution in [2.75, 3.05) is 13.2 Å². The number of aliphatic hydroxyl groups is 10. The molecule has 3 fully saturated rings. The third-order valence-corrected chi connectivity index (χ3v) is 6.05. The number of ether oxygens (including phenoxy) is 5. The second kappa shape index (κ2) is 11.0. The Morgan fingerprint density at radius 2 is 1.00 bits per heavy atom. The van der Waals surface area contributed by atoms with Gasteiger partial charge in [0.1, 0.15) is 67.1 Å². The smallest absolute Gasteiger partial charge is 0.187 e. The van der Waals surface area contributed by atoms with Crippen LogP contribution in [0, 0.1) is 0 Å². The van der Waals surface area contributed by atoms with Crippen LogP contribution >= 0.6 is 0 Å². The standard InChI is InChI=1S/C18H32O15/c1-4-7(21)8(22)12(26)17(29-4)32-15-6(3-20)31-18(13(27)10(15)24)33-14-5(2-19)30-16(28)11(25)9(14)23/h4-28H,2-3H2,1H3/t4-,5-,6-,7+,8+,9-,10-,11-,12-,13-,14-,15+,16-,17-,18+/m1/s1. The normalized spacial score (nSPS) is 53.7. The molecule has 10 N–H and O–H groups in total. The summed E-state index contributed by atoms with van der Waals surface area (Å²) in [6.07, 6.45) is -23.7. The van der Waals surface area contributed by atoms with Crippen molar-refractivity contribution in [2.45, 2.75) is 99.0 Å². The van der Waals surface area contributed by atoms with E-state index in [1.807, 2.05) is 0 Å². The molecule has 0 aromatic rings. The maximum Gasteiger partial charge on any atom is 0.187 e. The maximum absolute atomic E-state index is 10.6. The minimum Gasteiger partial charge on any atom is -0.394 e. The van der Waals surface area contributed by atoms with E-state index in [1.165, 1.54) is 6.92 Å². The second-order valence-corrected chi connectivity index (χ2v) is 8.32. The van der Waals surface area contributed by atoms with Gasteiger partial charge in [-0.1, -0.05) is 0 Å². The molecule has 0 radical (unpaired) electrons. The Labute approximate surface area is 187 Å². The Hall–Kier alpha value is -0.600. The number of rotatable bonds is 6. The van der Waals surface area contributed by atoms with Crippen LogP contribution in [0.1, 0.15) is 6.92 Å². The highest BCUT2D eigenvalue weighted by molar-refractivity contribution is 4.95. The van der Waals surface area contributed by atoms with Gasteiger partial charge in [0.25, 0.3) is 0 Å². The molecule has 3 rings (SSSR count). The fourth-order valence-corrected chi connectivity index (χ4v) is 4.00. The van der Waals surface area contributed by atoms with Crippen molar-refractivity contribution < 1.29 is 74.7 Å². The zero-order valence-electron chi connectivity index (χ0n) is 17.6. The van der Waals surface area contributed by atoms with Crippen LogP contribution < -0.4 is 0 Å². The first-order chi connectivity index (χ1) is 15.5. The number of hydrogen-bond donors (Lipinski definition) is 10. The molecule has 0 amide bonds. The van der Waals surface area contributed by atoms with Crippen molar-refractivity contribution in [3.05, 3.63) is 0 Å². The molecule has 3 aliphatic rings. The molecule has 3 aliphatic heterocycles. The van der Waals surface area contributed by atoms with Gasteiger partial charge in [0.2, 0.25) is 0 Å². The van der Waals surface area contributed by atoms with Gasteiger partial charge in [-0.15, -0.1) is 0 Å². The Morgan fingerprint density at radius 1 is 0.545 bits per heavy atom. The Bertz CT molecular complexity index is 622. The molecule has 0 bridgehead atoms. The second-order valence-electron chi connectivity index (χ2n) is 8.32. The van der Waals surface area contributed by atoms with Crippen LogP contribution in [0.25, 0.3) is 0 Å². The first kappa shape index (κ1) is 27.0. The van der Waals surface area contributed by atoms with Crippen molar-refractivity contribution in [1.82, 2.24) is 0 Å². The van der Waals surface area contributed by atoms with Gasteiger partial charge in [0.05, 0.1) is 19.3 Å². The highest BCUT2D eigenvalue weighted by Gasteiger charge is 2.52. The van der Waals surface area contributed by atoms with Gasteiger partial charge in [-0.3, -0.25) is 0 Å². The van der Waals surface area contributed by atoms with Gasteiger partial charge in [-0.05, 0) is 6.92 Å². The van der Waals surface area contributed by atoms with Gasteiger partial charge < -0.3 is 74.7 Å². The Morgan fingerprint density at radius 3 is 1.55 bits per heavy atom. The van der Waals surface area contributed by atoms with Crippen molar-refractivity contribution >= 4 is 0 Å². The van der Waals surface area contributed by atoms with E-state index in [4.69, 9.17) is 23.7 Å². The minimum absolute atomic E-state index is 0.741. The lowest BCUT2D eigenvalue weighted by Crippen LogP contribution is -2.66. The molecule has 15 heteroatoms. The SMILES string of the molecule is C[C@H]1O[C@H](O[C@@H]2[C@H](O)[C@@H](O)[C@H](O[C@H]3[C@H](O)[C@@H](O)[C@H](O)O[C@@H]3CO)O[C@@H]2CO)[C@H](O)[C@@H](O)[C@H]1O. The van der Waals surface area contributed by atoms with E-state index in [1.54, 1.807) is 0 Å². The van der Waals surface area contributed by atoms with Crippen molar-refractivity contribution in [2.24, 2.45) is 0 Å². The first-order valence-electron chi connectivity index (χ1n) is 10.4. The molecule has 15 nitrogen and oxygen atoms in total. The molecule has 0 aromatic carbocycles. The van der Waals surface area contributed by atoms with Crippen LogP contribution in [0.5, 0.6) is 0 Å². The van der Waals surface area contributed by atoms with Crippen LogP contribution in [0.15, 0.2) is 0 Å². The molecule has 0 saturated carbocycles. The maximum atomic E-state index is 10.6. The lowest BCUT2D eigenvalue weighted by Gasteiger charge is -2.47. The molecular formula is C18H32O15. The quantitative estimate of drug-likeness (QED) is 0.167. The van der Waals surface area contributed by atoms with Gasteiger partial charge in [0, 0.05) is 0 Å². The third-order valence-electron chi connectivity index (χ3n) is 6.05. The minimum atomic E-state index is -1.86. The Balaban J connectivity index is 1.71. The van der Waals surface area contributed by atoms with Crippen molar-refractivity contribution in [3.8, 4) is 0 Å². The van der Waals surface area contributed by atoms with Crippen LogP contribution in [-0.4, -0.2) is 156 Å². The Kier molecular flexibility index (Phi) is 8.99. The van der Waals surface area contributed by atoms with Gasteiger partial charge in [-0.2, -0.15) is 0 Å². The predicted molar refractivity (Wildman–Crippen MR) is 99.8 cm³/mol. The molecule has 0 aliphatic carbocycles. The summed E-state index contributed by atoms with van der Waals surface area (Å²) in [5.74, 6) is 0. The van der Waals surface area contributed by atoms with E-state index in [0.29, 0.717) is 0 Å². The van der Waals surface area contributed by atoms with Gasteiger partial charge in [-0.25, -0.2) is 0 Å². The predicted octanol–water partition coefficient (Wildman–Crippen LogP) is -6.55. The highest BCUT2D eigenvalue weighted by Crippen LogP contribution is 2.32.